The van der Waals surface area contributed by atoms with E-state index >= 15 is 0 Å². The van der Waals surface area contributed by atoms with Crippen molar-refractivity contribution >= 4 is 224 Å². The van der Waals surface area contributed by atoms with E-state index in [1.54, 1.807) is 57.0 Å². The molecule has 32 heteroatoms. The van der Waals surface area contributed by atoms with Crippen LogP contribution in [0.25, 0.3) is 0 Å². The van der Waals surface area contributed by atoms with Crippen LogP contribution in [0.2, 0.25) is 0 Å². The van der Waals surface area contributed by atoms with Crippen LogP contribution in [0.1, 0.15) is 318 Å². The van der Waals surface area contributed by atoms with E-state index in [4.69, 9.17) is 175 Å². The molecule has 0 bridgehead atoms. The van der Waals surface area contributed by atoms with Crippen molar-refractivity contribution in [1.82, 2.24) is 0 Å². The predicted octanol–water partition coefficient (Wildman–Crippen LogP) is 28.6. The van der Waals surface area contributed by atoms with Crippen molar-refractivity contribution in [3.05, 3.63) is 211 Å². The Bertz CT molecular complexity index is 4100. The number of ether oxygens (including phenoxy) is 2. The Morgan fingerprint density at radius 3 is 0.934 bits per heavy atom. The van der Waals surface area contributed by atoms with Crippen molar-refractivity contribution in [3.8, 4) is 0 Å². The maximum absolute atomic E-state index is 11.6. The molecule has 0 amide bonds. The fourth-order valence-corrected chi connectivity index (χ4v) is 13.1. The number of rotatable bonds is 14. The van der Waals surface area contributed by atoms with Gasteiger partial charge in [-0.1, -0.05) is 167 Å². The number of methoxy groups -OCH3 is 2. The molecule has 0 unspecified atom stereocenters. The molecule has 3 aliphatic carbocycles. The van der Waals surface area contributed by atoms with Gasteiger partial charge in [-0.05, 0) is 283 Å². The van der Waals surface area contributed by atoms with Crippen molar-refractivity contribution in [1.29, 1.82) is 0 Å². The average Bonchev–Trinajstić information content (AvgIpc) is 1.52. The number of aliphatic hydroxyl groups is 2. The van der Waals surface area contributed by atoms with Gasteiger partial charge in [0.25, 0.3) is 5.24 Å². The van der Waals surface area contributed by atoms with Gasteiger partial charge < -0.3 is 38.4 Å². The monoisotopic (exact) mass is 2050 g/mol. The van der Waals surface area contributed by atoms with Crippen molar-refractivity contribution in [2.45, 2.75) is 303 Å². The molecule has 12 nitrogen and oxygen atoms in total. The summed E-state index contributed by atoms with van der Waals surface area (Å²) in [5.74, 6) is 2.12. The van der Waals surface area contributed by atoms with Gasteiger partial charge in [0, 0.05) is 44.0 Å². The molecule has 686 valence electrons. The summed E-state index contributed by atoms with van der Waals surface area (Å²) in [6, 6.07) is 36.8. The van der Waals surface area contributed by atoms with Crippen molar-refractivity contribution in [2.24, 2.45) is 0 Å². The van der Waals surface area contributed by atoms with E-state index in [0.29, 0.717) is 42.3 Å². The quantitative estimate of drug-likeness (QED) is 0.0453. The molecule has 0 fully saturated rings. The minimum Gasteiger partial charge on any atom is -0.870 e. The first-order valence-corrected chi connectivity index (χ1v) is 56.0. The number of hydrogen-bond acceptors (Lipinski definition) is 12. The van der Waals surface area contributed by atoms with Gasteiger partial charge >= 0.3 is 53.6 Å². The van der Waals surface area contributed by atoms with Crippen molar-refractivity contribution in [2.75, 3.05) is 24.9 Å². The molecule has 4 aromatic carbocycles. The Morgan fingerprint density at radius 2 is 0.689 bits per heavy atom. The van der Waals surface area contributed by atoms with E-state index in [-0.39, 0.29) is 89.6 Å². The Balaban J connectivity index is -0.000000663. The zero-order valence-corrected chi connectivity index (χ0v) is 91.3. The topological polar surface area (TPSA) is 197 Å². The van der Waals surface area contributed by atoms with E-state index in [1.807, 2.05) is 58.0 Å². The zero-order chi connectivity index (χ0) is 93.7. The van der Waals surface area contributed by atoms with Gasteiger partial charge in [0.15, 0.2) is 5.76 Å². The van der Waals surface area contributed by atoms with Crippen LogP contribution in [-0.2, 0) is 69.9 Å². The fraction of sp³-hybridized carbons (Fsp3) is 0.567. The first-order valence-electron chi connectivity index (χ1n) is 38.9. The molecule has 3 heterocycles. The van der Waals surface area contributed by atoms with E-state index in [2.05, 4.69) is 191 Å². The van der Waals surface area contributed by atoms with E-state index in [0.717, 1.165) is 24.4 Å². The third-order valence-electron chi connectivity index (χ3n) is 20.0. The molecule has 0 saturated carbocycles. The second-order valence-electron chi connectivity index (χ2n) is 35.6. The van der Waals surface area contributed by atoms with Crippen LogP contribution in [0, 0.1) is 27.7 Å². The molecule has 0 saturated heterocycles. The number of esters is 2. The molecular weight excluding hydrogens is 1930 g/mol. The largest absolute Gasteiger partial charge is 1.00 e. The number of halogens is 16. The number of furan rings is 3. The van der Waals surface area contributed by atoms with Crippen LogP contribution in [0.15, 0.2) is 122 Å². The molecular formula is C90H129Al2Cl16LiO12S. The fourth-order valence-electron chi connectivity index (χ4n) is 12.7. The van der Waals surface area contributed by atoms with Gasteiger partial charge in [0.2, 0.25) is 20.7 Å². The minimum absolute atomic E-state index is 0. The smallest absolute Gasteiger partial charge is 0.870 e. The molecule has 0 aliphatic heterocycles. The summed E-state index contributed by atoms with van der Waals surface area (Å²) in [6.45, 7) is 51.8. The number of fused-ring (bicyclic) bond motifs is 3. The number of alkyl halides is 7. The maximum atomic E-state index is 11.6. The first kappa shape index (κ1) is 128. The molecule has 7 aromatic rings. The van der Waals surface area contributed by atoms with Gasteiger partial charge in [0.05, 0.1) is 42.0 Å². The van der Waals surface area contributed by atoms with Crippen molar-refractivity contribution in [3.63, 3.8) is 0 Å². The van der Waals surface area contributed by atoms with Gasteiger partial charge in [-0.15, -0.1) is 81.2 Å². The second-order valence-corrected chi connectivity index (χ2v) is 55.3. The summed E-state index contributed by atoms with van der Waals surface area (Å²) >= 11 is 38.5. The van der Waals surface area contributed by atoms with Crippen molar-refractivity contribution < 1.29 is 75.9 Å². The predicted molar refractivity (Wildman–Crippen MR) is 527 cm³/mol. The van der Waals surface area contributed by atoms with Gasteiger partial charge in [-0.2, -0.15) is 0 Å². The summed E-state index contributed by atoms with van der Waals surface area (Å²) in [5.41, 5.74) is 17.0. The van der Waals surface area contributed by atoms with E-state index in [1.165, 1.54) is 114 Å². The first-order chi connectivity index (χ1) is 54.7. The molecule has 3 N–H and O–H groups in total. The summed E-state index contributed by atoms with van der Waals surface area (Å²) in [7, 11) is 39.7. The average molecular weight is 2060 g/mol. The Kier molecular flexibility index (Phi) is 62.9. The van der Waals surface area contributed by atoms with Gasteiger partial charge in [-0.3, -0.25) is 4.79 Å². The summed E-state index contributed by atoms with van der Waals surface area (Å²) < 4.78 is 34.4. The standard InChI is InChI=1S/C22H28O3.C21H25ClO2.C15H22.C8H16Cl2.C8H18O2.C7H7ClO3.C7H8.2CH2Cl2.2Al.Cl2OS.6ClH.Li.H2O/c1-14-11-17-18(22(4,5)10-9-21(17,2)3)13-15(14)12-16-7-8-19(25-16)20(23)24-6;1-13-10-16-17(21(4,5)9-8-20(16,2)3)12-14(13)11-15-6-7-18(24-15)19(22)23;1-11-6-7-12-13(10-11)15(4,5)9-8-14(12,2)3;2*1-7(2,9)5-6-8(3,4)10;1-10-7(9)6-3-2-5(4-8)11-6;1-7-5-3-2-4-6-7;2*2-1-3;;;1-4(2)3;;;;;;;;/h7-8,11,13H,9-10,12H2,1-6H3;6-7,10,12H,8-9,11H2,1-5H3;6-7,10H,8-9H2,1-5H3;5-6H2,1-4H3;9-10H,5-6H2,1-4H3;2-3H,4H2,1H3;2-6H,1H3;2*1H2;;;;6*1H;;1H2/q;;;;;;;;;2*+3;;;;;;;;+1;/p-7. The number of aryl methyl sites for hydroxylation is 4. The third kappa shape index (κ3) is 54.0. The Labute approximate surface area is 828 Å². The number of benzene rings is 4. The molecule has 3 aromatic heterocycles. The number of carbonyl (C=O) groups is 3. The van der Waals surface area contributed by atoms with Crippen LogP contribution in [0.4, 0.5) is 0 Å². The Hall–Kier alpha value is -0.338. The van der Waals surface area contributed by atoms with E-state index in [9.17, 15) is 24.6 Å². The normalized spacial score (nSPS) is 14.6. The van der Waals surface area contributed by atoms with Crippen LogP contribution >= 0.6 is 174 Å². The van der Waals surface area contributed by atoms with E-state index < -0.39 is 60.4 Å². The zero-order valence-electron chi connectivity index (χ0n) is 76.1. The van der Waals surface area contributed by atoms with Crippen LogP contribution in [0.5, 0.6) is 0 Å². The minimum atomic E-state index is -1.72. The summed E-state index contributed by atoms with van der Waals surface area (Å²) in [5, 5.41) is 18.4. The molecule has 0 spiro atoms. The molecule has 10 rings (SSSR count). The summed E-state index contributed by atoms with van der Waals surface area (Å²) in [6.07, 6.45) is 12.0. The van der Waals surface area contributed by atoms with Crippen LogP contribution < -0.4 is 18.9 Å². The van der Waals surface area contributed by atoms with Gasteiger partial charge in [-0.25, -0.2) is 74.1 Å². The maximum Gasteiger partial charge on any atom is 1.00 e. The molecule has 122 heavy (non-hydrogen) atoms. The number of hydrogen-bond donors (Lipinski definition) is 2. The SMILES string of the molecule is CC(C)(Cl)CCC(C)(C)Cl.CC(C)(O)CCC(C)(C)O.COC(=O)c1ccc(CCl)o1.COC(=O)c1ccc(Cc2cc3c(cc2C)C(C)(C)CCC3(C)C)o1.Cc1cc2c(cc1Cc1ccc(C(=O)Cl)o1)C(C)(C)CCC2(C)C.Cc1ccc2c(c1)C(C)(C)CCC2(C)C.Cc1ccccc1.ClCCl.ClCCl.O=S(Cl)Cl.[Cl][Al]([Cl])[Cl].[Cl][Al]([Cl])[Cl].[Li+].[OH-]. The summed E-state index contributed by atoms with van der Waals surface area (Å²) in [4.78, 5) is 33.3. The van der Waals surface area contributed by atoms with Gasteiger partial charge in [0.1, 0.15) is 17.3 Å². The Morgan fingerprint density at radius 1 is 0.426 bits per heavy atom. The van der Waals surface area contributed by atoms with Crippen LogP contribution in [0.3, 0.4) is 0 Å². The molecule has 0 radical (unpaired) electrons. The molecule has 3 aliphatic rings. The second kappa shape index (κ2) is 60.0. The molecule has 0 atom stereocenters. The number of carbonyl (C=O) groups excluding carboxylic acids is 3. The van der Waals surface area contributed by atoms with Crippen LogP contribution in [-0.4, -0.2) is 106 Å². The third-order valence-corrected chi connectivity index (χ3v) is 20.9.